The molecule has 2 aromatic rings. The third-order valence-electron chi connectivity index (χ3n) is 2.82. The zero-order chi connectivity index (χ0) is 12.3. The Morgan fingerprint density at radius 1 is 0.941 bits per heavy atom. The molecule has 2 N–H and O–H groups in total. The molecule has 0 aromatic heterocycles. The highest BCUT2D eigenvalue weighted by Crippen LogP contribution is 2.35. The summed E-state index contributed by atoms with van der Waals surface area (Å²) in [6.07, 6.45) is 2.18. The van der Waals surface area contributed by atoms with Crippen LogP contribution in [-0.2, 0) is 6.42 Å². The van der Waals surface area contributed by atoms with Crippen LogP contribution in [0.3, 0.4) is 0 Å². The van der Waals surface area contributed by atoms with Crippen LogP contribution in [0.1, 0.15) is 18.9 Å². The highest BCUT2D eigenvalue weighted by Gasteiger charge is 2.07. The predicted molar refractivity (Wildman–Crippen MR) is 69.2 cm³/mol. The Kier molecular flexibility index (Phi) is 3.33. The molecule has 0 fully saturated rings. The topological polar surface area (TPSA) is 40.5 Å². The van der Waals surface area contributed by atoms with Crippen molar-refractivity contribution in [3.05, 3.63) is 48.0 Å². The molecular weight excluding hydrogens is 212 g/mol. The van der Waals surface area contributed by atoms with Gasteiger partial charge in [0.25, 0.3) is 0 Å². The predicted octanol–water partition coefficient (Wildman–Crippen LogP) is 3.72. The largest absolute Gasteiger partial charge is 0.504 e. The molecule has 0 aliphatic rings. The molecule has 0 heterocycles. The SMILES string of the molecule is CCCc1ccc(-c2cccc(O)c2O)cc1. The minimum Gasteiger partial charge on any atom is -0.504 e. The molecule has 0 aliphatic carbocycles. The summed E-state index contributed by atoms with van der Waals surface area (Å²) in [4.78, 5) is 0. The molecular formula is C15H16O2. The van der Waals surface area contributed by atoms with Crippen LogP contribution in [0, 0.1) is 0 Å². The van der Waals surface area contributed by atoms with Crippen molar-refractivity contribution in [3.8, 4) is 22.6 Å². The molecule has 17 heavy (non-hydrogen) atoms. The average molecular weight is 228 g/mol. The number of hydrogen-bond donors (Lipinski definition) is 2. The number of phenols is 2. The summed E-state index contributed by atoms with van der Waals surface area (Å²) < 4.78 is 0. The normalized spacial score (nSPS) is 10.4. The first-order valence-corrected chi connectivity index (χ1v) is 5.82. The van der Waals surface area contributed by atoms with E-state index in [9.17, 15) is 10.2 Å². The third kappa shape index (κ3) is 2.41. The molecule has 0 saturated heterocycles. The number of aromatic hydroxyl groups is 2. The van der Waals surface area contributed by atoms with E-state index < -0.39 is 0 Å². The van der Waals surface area contributed by atoms with E-state index in [4.69, 9.17) is 0 Å². The average Bonchev–Trinajstić information content (AvgIpc) is 2.34. The van der Waals surface area contributed by atoms with Gasteiger partial charge in [0.15, 0.2) is 11.5 Å². The van der Waals surface area contributed by atoms with E-state index in [1.54, 1.807) is 12.1 Å². The Balaban J connectivity index is 2.36. The zero-order valence-electron chi connectivity index (χ0n) is 9.85. The van der Waals surface area contributed by atoms with Gasteiger partial charge in [-0.25, -0.2) is 0 Å². The van der Waals surface area contributed by atoms with Gasteiger partial charge in [0.1, 0.15) is 0 Å². The first-order chi connectivity index (χ1) is 8.22. The van der Waals surface area contributed by atoms with Gasteiger partial charge in [-0.3, -0.25) is 0 Å². The van der Waals surface area contributed by atoms with Gasteiger partial charge in [-0.1, -0.05) is 49.7 Å². The molecule has 0 aliphatic heterocycles. The summed E-state index contributed by atoms with van der Waals surface area (Å²) in [6.45, 7) is 2.15. The summed E-state index contributed by atoms with van der Waals surface area (Å²) in [5.41, 5.74) is 2.86. The minimum atomic E-state index is -0.0832. The fraction of sp³-hybridized carbons (Fsp3) is 0.200. The van der Waals surface area contributed by atoms with E-state index in [0.29, 0.717) is 5.56 Å². The Labute approximate surface area is 101 Å². The van der Waals surface area contributed by atoms with Crippen molar-refractivity contribution in [1.29, 1.82) is 0 Å². The van der Waals surface area contributed by atoms with Crippen LogP contribution >= 0.6 is 0 Å². The number of rotatable bonds is 3. The number of hydrogen-bond acceptors (Lipinski definition) is 2. The lowest BCUT2D eigenvalue weighted by Gasteiger charge is -2.07. The maximum atomic E-state index is 9.77. The van der Waals surface area contributed by atoms with E-state index in [1.165, 1.54) is 11.6 Å². The van der Waals surface area contributed by atoms with Crippen molar-refractivity contribution in [3.63, 3.8) is 0 Å². The molecule has 2 heteroatoms. The molecule has 2 aromatic carbocycles. The van der Waals surface area contributed by atoms with Crippen molar-refractivity contribution < 1.29 is 10.2 Å². The van der Waals surface area contributed by atoms with Gasteiger partial charge in [-0.05, 0) is 23.6 Å². The van der Waals surface area contributed by atoms with Crippen LogP contribution < -0.4 is 0 Å². The van der Waals surface area contributed by atoms with Gasteiger partial charge in [-0.2, -0.15) is 0 Å². The Bertz CT molecular complexity index is 501. The van der Waals surface area contributed by atoms with Crippen molar-refractivity contribution in [1.82, 2.24) is 0 Å². The van der Waals surface area contributed by atoms with Gasteiger partial charge in [0.2, 0.25) is 0 Å². The minimum absolute atomic E-state index is 0.0595. The number of phenolic OH excluding ortho intramolecular Hbond substituents is 2. The third-order valence-corrected chi connectivity index (χ3v) is 2.82. The standard InChI is InChI=1S/C15H16O2/c1-2-4-11-7-9-12(10-8-11)13-5-3-6-14(16)15(13)17/h3,5-10,16-17H,2,4H2,1H3. The lowest BCUT2D eigenvalue weighted by atomic mass is 10.0. The zero-order valence-corrected chi connectivity index (χ0v) is 9.85. The maximum absolute atomic E-state index is 9.77. The quantitative estimate of drug-likeness (QED) is 0.786. The van der Waals surface area contributed by atoms with Gasteiger partial charge in [0.05, 0.1) is 0 Å². The molecule has 0 saturated carbocycles. The van der Waals surface area contributed by atoms with Gasteiger partial charge in [0, 0.05) is 5.56 Å². The second-order valence-electron chi connectivity index (χ2n) is 4.12. The van der Waals surface area contributed by atoms with Crippen LogP contribution in [0.5, 0.6) is 11.5 Å². The summed E-state index contributed by atoms with van der Waals surface area (Å²) in [5, 5.41) is 19.2. The van der Waals surface area contributed by atoms with E-state index in [0.717, 1.165) is 18.4 Å². The fourth-order valence-corrected chi connectivity index (χ4v) is 1.90. The molecule has 0 atom stereocenters. The van der Waals surface area contributed by atoms with Crippen molar-refractivity contribution in [2.24, 2.45) is 0 Å². The monoisotopic (exact) mass is 228 g/mol. The second-order valence-corrected chi connectivity index (χ2v) is 4.12. The molecule has 0 bridgehead atoms. The van der Waals surface area contributed by atoms with Gasteiger partial charge in [-0.15, -0.1) is 0 Å². The van der Waals surface area contributed by atoms with Crippen molar-refractivity contribution in [2.75, 3.05) is 0 Å². The highest BCUT2D eigenvalue weighted by atomic mass is 16.3. The van der Waals surface area contributed by atoms with E-state index >= 15 is 0 Å². The lowest BCUT2D eigenvalue weighted by Crippen LogP contribution is -1.84. The van der Waals surface area contributed by atoms with Crippen LogP contribution in [0.15, 0.2) is 42.5 Å². The fourth-order valence-electron chi connectivity index (χ4n) is 1.90. The first-order valence-electron chi connectivity index (χ1n) is 5.82. The lowest BCUT2D eigenvalue weighted by molar-refractivity contribution is 0.405. The Morgan fingerprint density at radius 2 is 1.65 bits per heavy atom. The van der Waals surface area contributed by atoms with Gasteiger partial charge < -0.3 is 10.2 Å². The summed E-state index contributed by atoms with van der Waals surface area (Å²) in [6, 6.07) is 13.1. The summed E-state index contributed by atoms with van der Waals surface area (Å²) >= 11 is 0. The molecule has 0 radical (unpaired) electrons. The van der Waals surface area contributed by atoms with Crippen LogP contribution in [0.4, 0.5) is 0 Å². The molecule has 0 unspecified atom stereocenters. The maximum Gasteiger partial charge on any atom is 0.165 e. The molecule has 0 spiro atoms. The van der Waals surface area contributed by atoms with Gasteiger partial charge >= 0.3 is 0 Å². The molecule has 2 rings (SSSR count). The van der Waals surface area contributed by atoms with Crippen molar-refractivity contribution in [2.45, 2.75) is 19.8 Å². The molecule has 88 valence electrons. The Morgan fingerprint density at radius 3 is 2.29 bits per heavy atom. The Hall–Kier alpha value is -1.96. The van der Waals surface area contributed by atoms with E-state index in [2.05, 4.69) is 19.1 Å². The highest BCUT2D eigenvalue weighted by molar-refractivity contribution is 5.73. The van der Waals surface area contributed by atoms with Crippen molar-refractivity contribution >= 4 is 0 Å². The first kappa shape index (κ1) is 11.5. The molecule has 0 amide bonds. The number of para-hydroxylation sites is 1. The van der Waals surface area contributed by atoms with E-state index in [-0.39, 0.29) is 11.5 Å². The van der Waals surface area contributed by atoms with E-state index in [1.807, 2.05) is 12.1 Å². The molecule has 2 nitrogen and oxygen atoms in total. The number of aryl methyl sites for hydroxylation is 1. The van der Waals surface area contributed by atoms with Crippen LogP contribution in [0.25, 0.3) is 11.1 Å². The number of benzene rings is 2. The van der Waals surface area contributed by atoms with Crippen LogP contribution in [-0.4, -0.2) is 10.2 Å². The summed E-state index contributed by atoms with van der Waals surface area (Å²) in [7, 11) is 0. The summed E-state index contributed by atoms with van der Waals surface area (Å²) in [5.74, 6) is -0.143. The van der Waals surface area contributed by atoms with Crippen LogP contribution in [0.2, 0.25) is 0 Å². The smallest absolute Gasteiger partial charge is 0.165 e. The second kappa shape index (κ2) is 4.91.